The van der Waals surface area contributed by atoms with Crippen LogP contribution in [0, 0.1) is 0 Å². The summed E-state index contributed by atoms with van der Waals surface area (Å²) in [6.07, 6.45) is 1.34. The first-order chi connectivity index (χ1) is 5.77. The molecule has 0 bridgehead atoms. The first-order valence-electron chi connectivity index (χ1n) is 3.63. The molecular weight excluding hydrogens is 167 g/mol. The Morgan fingerprint density at radius 3 is 2.58 bits per heavy atom. The molecule has 0 aliphatic carbocycles. The van der Waals surface area contributed by atoms with E-state index in [1.54, 1.807) is 26.5 Å². The number of aromatic nitrogens is 2. The van der Waals surface area contributed by atoms with Crippen molar-refractivity contribution in [2.75, 3.05) is 14.2 Å². The van der Waals surface area contributed by atoms with E-state index in [0.717, 1.165) is 36.7 Å². The van der Waals surface area contributed by atoms with Crippen molar-refractivity contribution in [3.63, 3.8) is 0 Å². The SMILES string of the molecule is COC(OC)c1ccn[c]([Na])n1. The quantitative estimate of drug-likeness (QED) is 0.462. The molecule has 0 aliphatic rings. The Morgan fingerprint density at radius 1 is 1.42 bits per heavy atom. The average molecular weight is 176 g/mol. The Labute approximate surface area is 88.7 Å². The molecule has 0 aromatic carbocycles. The number of methoxy groups -OCH3 is 2. The van der Waals surface area contributed by atoms with Crippen LogP contribution in [0.15, 0.2) is 12.3 Å². The zero-order valence-electron chi connectivity index (χ0n) is 7.44. The van der Waals surface area contributed by atoms with Gasteiger partial charge in [0.1, 0.15) is 0 Å². The van der Waals surface area contributed by atoms with Gasteiger partial charge in [-0.05, 0) is 0 Å². The zero-order chi connectivity index (χ0) is 8.97. The predicted molar refractivity (Wildman–Crippen MR) is 44.2 cm³/mol. The van der Waals surface area contributed by atoms with E-state index in [1.807, 2.05) is 0 Å². The van der Waals surface area contributed by atoms with Gasteiger partial charge in [0.2, 0.25) is 0 Å². The predicted octanol–water partition coefficient (Wildman–Crippen LogP) is -0.438. The summed E-state index contributed by atoms with van der Waals surface area (Å²) in [6, 6.07) is 1.79. The van der Waals surface area contributed by atoms with Crippen molar-refractivity contribution in [1.82, 2.24) is 9.97 Å². The molecule has 0 saturated heterocycles. The first kappa shape index (κ1) is 10.1. The Morgan fingerprint density at radius 2 is 2.08 bits per heavy atom. The van der Waals surface area contributed by atoms with Crippen molar-refractivity contribution in [2.45, 2.75) is 6.29 Å². The van der Waals surface area contributed by atoms with Crippen molar-refractivity contribution >= 4 is 31.0 Å². The standard InChI is InChI=1S/C7H9N2O2.Na/c1-10-7(11-2)6-3-4-8-5-9-6;/h3-4,7H,1-2H3;. The van der Waals surface area contributed by atoms with Gasteiger partial charge < -0.3 is 0 Å². The summed E-state index contributed by atoms with van der Waals surface area (Å²) < 4.78 is 10.9. The number of rotatable bonds is 3. The number of hydrogen-bond acceptors (Lipinski definition) is 4. The van der Waals surface area contributed by atoms with Gasteiger partial charge in [-0.15, -0.1) is 0 Å². The van der Waals surface area contributed by atoms with Crippen molar-refractivity contribution in [1.29, 1.82) is 0 Å². The minimum absolute atomic E-state index is 0.374. The van der Waals surface area contributed by atoms with Crippen LogP contribution < -0.4 is 3.07 Å². The summed E-state index contributed by atoms with van der Waals surface area (Å²) in [5.41, 5.74) is 0.778. The van der Waals surface area contributed by atoms with E-state index in [2.05, 4.69) is 9.97 Å². The molecule has 0 radical (unpaired) electrons. The van der Waals surface area contributed by atoms with Crippen LogP contribution in [-0.4, -0.2) is 52.1 Å². The Bertz CT molecular complexity index is 253. The van der Waals surface area contributed by atoms with E-state index >= 15 is 0 Å². The summed E-state index contributed by atoms with van der Waals surface area (Å²) in [5, 5.41) is 0. The summed E-state index contributed by atoms with van der Waals surface area (Å²) >= 11 is 0.840. The Hall–Kier alpha value is -0.0000000000000000555. The molecule has 1 aromatic heterocycles. The average Bonchev–Trinajstić information content (AvgIpc) is 2.07. The van der Waals surface area contributed by atoms with E-state index < -0.39 is 0 Å². The van der Waals surface area contributed by atoms with Gasteiger partial charge in [0.25, 0.3) is 0 Å². The molecule has 1 heterocycles. The van der Waals surface area contributed by atoms with Crippen LogP contribution in [0.3, 0.4) is 0 Å². The molecule has 0 spiro atoms. The van der Waals surface area contributed by atoms with E-state index in [4.69, 9.17) is 9.47 Å². The molecule has 0 saturated carbocycles. The summed E-state index contributed by atoms with van der Waals surface area (Å²) in [5.74, 6) is 0. The second-order valence-corrected chi connectivity index (χ2v) is 3.23. The number of nitrogens with zero attached hydrogens (tertiary/aromatic N) is 2. The van der Waals surface area contributed by atoms with Gasteiger partial charge in [-0.1, -0.05) is 0 Å². The molecule has 0 fully saturated rings. The van der Waals surface area contributed by atoms with Crippen LogP contribution in [0.2, 0.25) is 0 Å². The fourth-order valence-electron chi connectivity index (χ4n) is 0.943. The van der Waals surface area contributed by atoms with Crippen molar-refractivity contribution < 1.29 is 9.47 Å². The van der Waals surface area contributed by atoms with E-state index in [-0.39, 0.29) is 6.29 Å². The van der Waals surface area contributed by atoms with Crippen LogP contribution >= 0.6 is 0 Å². The van der Waals surface area contributed by atoms with Crippen LogP contribution in [0.1, 0.15) is 12.0 Å². The second-order valence-electron chi connectivity index (χ2n) is 2.33. The van der Waals surface area contributed by atoms with Gasteiger partial charge in [0.15, 0.2) is 0 Å². The zero-order valence-corrected chi connectivity index (χ0v) is 9.44. The fraction of sp³-hybridized carbons (Fsp3) is 0.429. The van der Waals surface area contributed by atoms with Crippen LogP contribution in [0.25, 0.3) is 0 Å². The van der Waals surface area contributed by atoms with Crippen LogP contribution in [0.4, 0.5) is 0 Å². The van der Waals surface area contributed by atoms with Gasteiger partial charge in [0, 0.05) is 0 Å². The van der Waals surface area contributed by atoms with E-state index in [1.165, 1.54) is 0 Å². The molecular formula is C7H9N2NaO2. The summed E-state index contributed by atoms with van der Waals surface area (Å²) in [6.45, 7) is 0. The first-order valence-corrected chi connectivity index (χ1v) is 4.63. The summed E-state index contributed by atoms with van der Waals surface area (Å²) in [4.78, 5) is 8.25. The van der Waals surface area contributed by atoms with Crippen LogP contribution in [0.5, 0.6) is 0 Å². The van der Waals surface area contributed by atoms with E-state index in [9.17, 15) is 0 Å². The minimum atomic E-state index is -0.374. The van der Waals surface area contributed by atoms with E-state index in [0.29, 0.717) is 0 Å². The number of hydrogen-bond donors (Lipinski definition) is 0. The number of ether oxygens (including phenoxy) is 2. The van der Waals surface area contributed by atoms with Crippen molar-refractivity contribution in [2.24, 2.45) is 0 Å². The molecule has 0 unspecified atom stereocenters. The van der Waals surface area contributed by atoms with Crippen LogP contribution in [-0.2, 0) is 9.47 Å². The normalized spacial score (nSPS) is 10.8. The maximum absolute atomic E-state index is 5.04. The monoisotopic (exact) mass is 176 g/mol. The Balaban J connectivity index is 2.85. The summed E-state index contributed by atoms with van der Waals surface area (Å²) in [7, 11) is 3.17. The maximum atomic E-state index is 5.04. The van der Waals surface area contributed by atoms with Gasteiger partial charge in [-0.2, -0.15) is 0 Å². The third-order valence-corrected chi connectivity index (χ3v) is 1.95. The molecule has 1 aromatic rings. The van der Waals surface area contributed by atoms with Crippen molar-refractivity contribution in [3.8, 4) is 0 Å². The topological polar surface area (TPSA) is 44.2 Å². The fourth-order valence-corrected chi connectivity index (χ4v) is 1.35. The molecule has 0 atom stereocenters. The van der Waals surface area contributed by atoms with Gasteiger partial charge in [-0.25, -0.2) is 0 Å². The molecule has 1 rings (SSSR count). The molecule has 0 N–H and O–H groups in total. The van der Waals surface area contributed by atoms with Crippen molar-refractivity contribution in [3.05, 3.63) is 18.0 Å². The van der Waals surface area contributed by atoms with Gasteiger partial charge in [-0.3, -0.25) is 0 Å². The second kappa shape index (κ2) is 4.89. The van der Waals surface area contributed by atoms with Gasteiger partial charge >= 0.3 is 88.9 Å². The molecule has 60 valence electrons. The molecule has 0 amide bonds. The Kier molecular flexibility index (Phi) is 4.11. The van der Waals surface area contributed by atoms with Gasteiger partial charge in [0.05, 0.1) is 0 Å². The molecule has 5 heteroatoms. The third kappa shape index (κ3) is 2.50. The molecule has 12 heavy (non-hydrogen) atoms. The molecule has 0 aliphatic heterocycles. The molecule has 4 nitrogen and oxygen atoms in total. The third-order valence-electron chi connectivity index (χ3n) is 1.47.